The van der Waals surface area contributed by atoms with E-state index in [4.69, 9.17) is 4.74 Å². The highest BCUT2D eigenvalue weighted by Gasteiger charge is 2.60. The topological polar surface area (TPSA) is 75.6 Å². The van der Waals surface area contributed by atoms with Crippen molar-refractivity contribution in [2.75, 3.05) is 6.61 Å². The van der Waals surface area contributed by atoms with Gasteiger partial charge in [-0.3, -0.25) is 9.59 Å². The largest absolute Gasteiger partial charge is 0.455 e. The van der Waals surface area contributed by atoms with Gasteiger partial charge < -0.3 is 15.2 Å². The fraction of sp³-hybridized carbons (Fsp3) is 0.882. The molecule has 124 valence electrons. The van der Waals surface area contributed by atoms with Crippen molar-refractivity contribution in [2.45, 2.75) is 70.4 Å². The summed E-state index contributed by atoms with van der Waals surface area (Å²) >= 11 is 0. The predicted octanol–water partition coefficient (Wildman–Crippen LogP) is 1.78. The number of esters is 1. The van der Waals surface area contributed by atoms with E-state index in [-0.39, 0.29) is 24.5 Å². The van der Waals surface area contributed by atoms with E-state index in [0.717, 1.165) is 38.5 Å². The van der Waals surface area contributed by atoms with E-state index in [2.05, 4.69) is 5.32 Å². The summed E-state index contributed by atoms with van der Waals surface area (Å²) in [5.41, 5.74) is -1.22. The first-order valence-electron chi connectivity index (χ1n) is 8.53. The normalized spacial score (nSPS) is 40.3. The Morgan fingerprint density at radius 2 is 1.91 bits per heavy atom. The Bertz CT molecular complexity index is 461. The number of ether oxygens (including phenoxy) is 1. The fourth-order valence-corrected chi connectivity index (χ4v) is 5.16. The lowest BCUT2D eigenvalue weighted by Gasteiger charge is -2.58. The van der Waals surface area contributed by atoms with Crippen LogP contribution in [0.1, 0.15) is 58.8 Å². The summed E-state index contributed by atoms with van der Waals surface area (Å²) in [6.45, 7) is 3.71. The zero-order chi connectivity index (χ0) is 16.0. The summed E-state index contributed by atoms with van der Waals surface area (Å²) < 4.78 is 5.32. The first kappa shape index (κ1) is 15.8. The molecule has 0 aromatic heterocycles. The van der Waals surface area contributed by atoms with Crippen molar-refractivity contribution < 1.29 is 19.4 Å². The van der Waals surface area contributed by atoms with Gasteiger partial charge in [0.2, 0.25) is 0 Å². The van der Waals surface area contributed by atoms with Gasteiger partial charge in [0.05, 0.1) is 11.0 Å². The molecular formula is C17H27NO4. The highest BCUT2D eigenvalue weighted by molar-refractivity contribution is 5.83. The van der Waals surface area contributed by atoms with Crippen LogP contribution in [-0.2, 0) is 14.3 Å². The van der Waals surface area contributed by atoms with Crippen molar-refractivity contribution in [1.82, 2.24) is 5.32 Å². The van der Waals surface area contributed by atoms with Crippen molar-refractivity contribution in [3.8, 4) is 0 Å². The second-order valence-electron chi connectivity index (χ2n) is 7.92. The van der Waals surface area contributed by atoms with Gasteiger partial charge in [0.15, 0.2) is 6.61 Å². The molecule has 0 heterocycles. The molecule has 3 atom stereocenters. The van der Waals surface area contributed by atoms with Gasteiger partial charge in [0, 0.05) is 6.04 Å². The Labute approximate surface area is 131 Å². The van der Waals surface area contributed by atoms with Crippen molar-refractivity contribution in [2.24, 2.45) is 17.3 Å². The molecule has 1 amide bonds. The summed E-state index contributed by atoms with van der Waals surface area (Å²) in [5, 5.41) is 13.5. The molecule has 0 saturated heterocycles. The first-order valence-corrected chi connectivity index (χ1v) is 8.53. The number of hydrogen-bond donors (Lipinski definition) is 2. The Balaban J connectivity index is 1.59. The number of rotatable bonds is 5. The van der Waals surface area contributed by atoms with Crippen molar-refractivity contribution in [3.05, 3.63) is 0 Å². The SMILES string of the molecule is CC[C@@H](C)NC(=O)COC(=O)C12C[C@@H]3C[C@H](CC(O)(C3)C1)C2. The molecule has 4 fully saturated rings. The molecule has 0 aromatic rings. The molecule has 5 heteroatoms. The van der Waals surface area contributed by atoms with Crippen LogP contribution < -0.4 is 5.32 Å². The van der Waals surface area contributed by atoms with Gasteiger partial charge in [-0.2, -0.15) is 0 Å². The zero-order valence-electron chi connectivity index (χ0n) is 13.6. The highest BCUT2D eigenvalue weighted by atomic mass is 16.5. The van der Waals surface area contributed by atoms with Crippen LogP contribution in [0.25, 0.3) is 0 Å². The van der Waals surface area contributed by atoms with Crippen LogP contribution in [0.4, 0.5) is 0 Å². The number of hydrogen-bond acceptors (Lipinski definition) is 4. The molecule has 0 aromatic carbocycles. The number of carbonyl (C=O) groups excluding carboxylic acids is 2. The lowest BCUT2D eigenvalue weighted by molar-refractivity contribution is -0.196. The second-order valence-corrected chi connectivity index (χ2v) is 7.92. The quantitative estimate of drug-likeness (QED) is 0.759. The van der Waals surface area contributed by atoms with Crippen LogP contribution in [0.2, 0.25) is 0 Å². The minimum absolute atomic E-state index is 0.0893. The maximum Gasteiger partial charge on any atom is 0.312 e. The van der Waals surface area contributed by atoms with Gasteiger partial charge in [-0.1, -0.05) is 6.92 Å². The van der Waals surface area contributed by atoms with E-state index in [9.17, 15) is 14.7 Å². The van der Waals surface area contributed by atoms with Gasteiger partial charge in [-0.25, -0.2) is 0 Å². The van der Waals surface area contributed by atoms with Crippen LogP contribution in [0, 0.1) is 17.3 Å². The maximum absolute atomic E-state index is 12.6. The third-order valence-corrected chi connectivity index (χ3v) is 5.82. The molecule has 4 saturated carbocycles. The van der Waals surface area contributed by atoms with Crippen LogP contribution in [0.5, 0.6) is 0 Å². The van der Waals surface area contributed by atoms with Crippen molar-refractivity contribution >= 4 is 11.9 Å². The molecule has 5 nitrogen and oxygen atoms in total. The van der Waals surface area contributed by atoms with Gasteiger partial charge in [0.1, 0.15) is 0 Å². The van der Waals surface area contributed by atoms with Gasteiger partial charge in [0.25, 0.3) is 5.91 Å². The second kappa shape index (κ2) is 5.52. The van der Waals surface area contributed by atoms with Gasteiger partial charge in [-0.05, 0) is 63.7 Å². The van der Waals surface area contributed by atoms with Crippen LogP contribution in [0.3, 0.4) is 0 Å². The number of amides is 1. The molecule has 0 radical (unpaired) electrons. The van der Waals surface area contributed by atoms with E-state index in [1.54, 1.807) is 0 Å². The standard InChI is InChI=1S/C17H27NO4/c1-3-11(2)18-14(19)9-22-15(20)16-5-12-4-13(6-16)8-17(21,7-12)10-16/h11-13,21H,3-10H2,1-2H3,(H,18,19)/t11-,12+,13+,16?,17?/m1/s1. The molecule has 22 heavy (non-hydrogen) atoms. The molecule has 4 aliphatic carbocycles. The Kier molecular flexibility index (Phi) is 3.96. The summed E-state index contributed by atoms with van der Waals surface area (Å²) in [5.74, 6) is 0.353. The minimum atomic E-state index is -0.678. The molecule has 2 N–H and O–H groups in total. The summed E-state index contributed by atoms with van der Waals surface area (Å²) in [4.78, 5) is 24.4. The molecule has 0 unspecified atom stereocenters. The molecule has 4 rings (SSSR count). The number of aliphatic hydroxyl groups is 1. The van der Waals surface area contributed by atoms with Crippen LogP contribution in [0.15, 0.2) is 0 Å². The average molecular weight is 309 g/mol. The lowest BCUT2D eigenvalue weighted by Crippen LogP contribution is -2.58. The summed E-state index contributed by atoms with van der Waals surface area (Å²) in [6, 6.07) is 0.0893. The maximum atomic E-state index is 12.6. The average Bonchev–Trinajstić information content (AvgIpc) is 2.41. The highest BCUT2D eigenvalue weighted by Crippen LogP contribution is 2.61. The van der Waals surface area contributed by atoms with Crippen LogP contribution in [-0.4, -0.2) is 35.2 Å². The van der Waals surface area contributed by atoms with Crippen LogP contribution >= 0.6 is 0 Å². The van der Waals surface area contributed by atoms with E-state index in [1.165, 1.54) is 0 Å². The number of nitrogens with one attached hydrogen (secondary N) is 1. The smallest absolute Gasteiger partial charge is 0.312 e. The zero-order valence-corrected chi connectivity index (χ0v) is 13.6. The number of carbonyl (C=O) groups is 2. The lowest BCUT2D eigenvalue weighted by atomic mass is 9.48. The third-order valence-electron chi connectivity index (χ3n) is 5.82. The summed E-state index contributed by atoms with van der Waals surface area (Å²) in [6.07, 6.45) is 5.78. The van der Waals surface area contributed by atoms with Gasteiger partial charge >= 0.3 is 5.97 Å². The van der Waals surface area contributed by atoms with E-state index in [1.807, 2.05) is 13.8 Å². The monoisotopic (exact) mass is 309 g/mol. The predicted molar refractivity (Wildman–Crippen MR) is 80.9 cm³/mol. The third kappa shape index (κ3) is 2.87. The molecular weight excluding hydrogens is 282 g/mol. The van der Waals surface area contributed by atoms with E-state index >= 15 is 0 Å². The van der Waals surface area contributed by atoms with E-state index in [0.29, 0.717) is 18.3 Å². The fourth-order valence-electron chi connectivity index (χ4n) is 5.16. The first-order chi connectivity index (χ1) is 10.3. The van der Waals surface area contributed by atoms with Crippen molar-refractivity contribution in [1.29, 1.82) is 0 Å². The summed E-state index contributed by atoms with van der Waals surface area (Å²) in [7, 11) is 0. The molecule has 4 bridgehead atoms. The molecule has 0 spiro atoms. The van der Waals surface area contributed by atoms with E-state index < -0.39 is 11.0 Å². The Hall–Kier alpha value is -1.10. The van der Waals surface area contributed by atoms with Gasteiger partial charge in [-0.15, -0.1) is 0 Å². The Morgan fingerprint density at radius 1 is 1.27 bits per heavy atom. The van der Waals surface area contributed by atoms with Crippen molar-refractivity contribution in [3.63, 3.8) is 0 Å². The Morgan fingerprint density at radius 3 is 2.45 bits per heavy atom. The molecule has 4 aliphatic rings. The molecule has 0 aliphatic heterocycles. The minimum Gasteiger partial charge on any atom is -0.455 e.